The average Bonchev–Trinajstić information content (AvgIpc) is 2.36. The number of carbonyl (C=O) groups excluding carboxylic acids is 2. The number of ether oxygens (including phenoxy) is 2. The average molecular weight is 347 g/mol. The van der Waals surface area contributed by atoms with Crippen LogP contribution in [0.3, 0.4) is 0 Å². The molecule has 2 aliphatic rings. The van der Waals surface area contributed by atoms with Crippen LogP contribution in [0.5, 0.6) is 0 Å². The first kappa shape index (κ1) is 17.4. The largest absolute Gasteiger partial charge is 0.478 e. The molecule has 2 aliphatic heterocycles. The van der Waals surface area contributed by atoms with Gasteiger partial charge in [-0.05, 0) is 20.8 Å². The van der Waals surface area contributed by atoms with Crippen molar-refractivity contribution in [2.24, 2.45) is 0 Å². The highest BCUT2D eigenvalue weighted by Crippen LogP contribution is 2.38. The van der Waals surface area contributed by atoms with Gasteiger partial charge in [0.25, 0.3) is 5.91 Å². The third-order valence-electron chi connectivity index (χ3n) is 3.36. The van der Waals surface area contributed by atoms with Crippen LogP contribution in [0.1, 0.15) is 20.8 Å². The molecule has 2 unspecified atom stereocenters. The maximum atomic E-state index is 12.3. The number of nitrogens with zero attached hydrogens (tertiary/aromatic N) is 1. The Kier molecular flexibility index (Phi) is 4.02. The maximum Gasteiger partial charge on any atom is 0.335 e. The normalized spacial score (nSPS) is 29.2. The monoisotopic (exact) mass is 347 g/mol. The highest BCUT2D eigenvalue weighted by Gasteiger charge is 2.62. The summed E-state index contributed by atoms with van der Waals surface area (Å²) in [5.41, 5.74) is -1.65. The fourth-order valence-corrected chi connectivity index (χ4v) is 4.34. The number of methoxy groups -OCH3 is 1. The Morgan fingerprint density at radius 2 is 1.87 bits per heavy atom. The number of hydrogen-bond acceptors (Lipinski definition) is 7. The summed E-state index contributed by atoms with van der Waals surface area (Å²) in [6.07, 6.45) is -1.27. The molecule has 23 heavy (non-hydrogen) atoms. The van der Waals surface area contributed by atoms with Crippen LogP contribution >= 0.6 is 0 Å². The summed E-state index contributed by atoms with van der Waals surface area (Å²) in [6.45, 7) is 4.71. The lowest BCUT2D eigenvalue weighted by atomic mass is 9.99. The predicted octanol–water partition coefficient (Wildman–Crippen LogP) is -0.723. The van der Waals surface area contributed by atoms with Crippen molar-refractivity contribution in [3.05, 3.63) is 11.0 Å². The van der Waals surface area contributed by atoms with Crippen molar-refractivity contribution < 1.29 is 37.4 Å². The van der Waals surface area contributed by atoms with E-state index in [1.54, 1.807) is 20.8 Å². The van der Waals surface area contributed by atoms with Gasteiger partial charge in [-0.1, -0.05) is 0 Å². The summed E-state index contributed by atoms with van der Waals surface area (Å²) in [7, 11) is -2.93. The third-order valence-corrected chi connectivity index (χ3v) is 5.09. The summed E-state index contributed by atoms with van der Waals surface area (Å²) < 4.78 is 34.3. The minimum Gasteiger partial charge on any atom is -0.478 e. The number of rotatable bonds is 3. The van der Waals surface area contributed by atoms with Gasteiger partial charge in [-0.3, -0.25) is 4.79 Å². The van der Waals surface area contributed by atoms with E-state index in [0.717, 1.165) is 7.11 Å². The smallest absolute Gasteiger partial charge is 0.335 e. The minimum atomic E-state index is -4.09. The Morgan fingerprint density at radius 3 is 2.30 bits per heavy atom. The Balaban J connectivity index is 2.52. The molecule has 2 rings (SSSR count). The molecule has 3 atom stereocenters. The standard InChI is InChI=1S/C13H17NO8S/c1-13(2,3)22-12(18)7-6(11(16)17)5-23(19,20)10-8(21-4)9(15)14(7)10/h5,7-8,10H,1-4H3,(H,16,17)/t7?,8-,10?/m1/s1. The summed E-state index contributed by atoms with van der Waals surface area (Å²) in [6, 6.07) is -1.63. The van der Waals surface area contributed by atoms with Crippen LogP contribution in [0.2, 0.25) is 0 Å². The zero-order chi connectivity index (χ0) is 17.7. The first-order chi connectivity index (χ1) is 10.4. The summed E-state index contributed by atoms with van der Waals surface area (Å²) in [5.74, 6) is -3.39. The van der Waals surface area contributed by atoms with Crippen LogP contribution in [0.15, 0.2) is 11.0 Å². The van der Waals surface area contributed by atoms with Crippen molar-refractivity contribution in [1.82, 2.24) is 4.90 Å². The lowest BCUT2D eigenvalue weighted by Gasteiger charge is -2.50. The predicted molar refractivity (Wildman–Crippen MR) is 75.7 cm³/mol. The number of esters is 1. The Hall–Kier alpha value is -1.94. The van der Waals surface area contributed by atoms with Gasteiger partial charge in [0.15, 0.2) is 27.4 Å². The first-order valence-corrected chi connectivity index (χ1v) is 8.28. The summed E-state index contributed by atoms with van der Waals surface area (Å²) in [5, 5.41) is 8.29. The Labute approximate surface area is 132 Å². The minimum absolute atomic E-state index is 0.504. The van der Waals surface area contributed by atoms with Crippen LogP contribution < -0.4 is 0 Å². The molecule has 1 amide bonds. The molecular formula is C13H17NO8S. The molecule has 128 valence electrons. The van der Waals surface area contributed by atoms with Crippen molar-refractivity contribution in [2.45, 2.75) is 43.9 Å². The number of fused-ring (bicyclic) bond motifs is 1. The van der Waals surface area contributed by atoms with Crippen molar-refractivity contribution in [2.75, 3.05) is 7.11 Å². The number of aliphatic carboxylic acids is 1. The molecule has 0 saturated carbocycles. The first-order valence-electron chi connectivity index (χ1n) is 6.67. The van der Waals surface area contributed by atoms with E-state index >= 15 is 0 Å². The highest BCUT2D eigenvalue weighted by molar-refractivity contribution is 7.95. The van der Waals surface area contributed by atoms with E-state index in [4.69, 9.17) is 9.47 Å². The molecule has 0 aliphatic carbocycles. The zero-order valence-corrected chi connectivity index (χ0v) is 13.8. The van der Waals surface area contributed by atoms with Crippen LogP contribution in [-0.2, 0) is 33.7 Å². The number of β-lactam (4-membered cyclic amide) rings is 1. The number of hydrogen-bond donors (Lipinski definition) is 1. The van der Waals surface area contributed by atoms with Crippen molar-refractivity contribution in [1.29, 1.82) is 0 Å². The third kappa shape index (κ3) is 2.83. The quantitative estimate of drug-likeness (QED) is 0.523. The Morgan fingerprint density at radius 1 is 1.30 bits per heavy atom. The van der Waals surface area contributed by atoms with Gasteiger partial charge in [0, 0.05) is 12.5 Å². The fraction of sp³-hybridized carbons (Fsp3) is 0.615. The Bertz CT molecular complexity index is 702. The van der Waals surface area contributed by atoms with E-state index in [1.807, 2.05) is 0 Å². The SMILES string of the molecule is CO[C@@H]1C(=O)N2C(C(=O)OC(C)(C)C)C(C(=O)O)=CS(=O)(=O)C12. The second kappa shape index (κ2) is 5.31. The van der Waals surface area contributed by atoms with Crippen LogP contribution in [0, 0.1) is 0 Å². The van der Waals surface area contributed by atoms with E-state index in [2.05, 4.69) is 0 Å². The van der Waals surface area contributed by atoms with E-state index in [0.29, 0.717) is 10.3 Å². The van der Waals surface area contributed by atoms with Crippen LogP contribution in [0.4, 0.5) is 0 Å². The number of carboxylic acids is 1. The second-order valence-electron chi connectivity index (χ2n) is 6.20. The molecule has 9 nitrogen and oxygen atoms in total. The summed E-state index contributed by atoms with van der Waals surface area (Å²) >= 11 is 0. The van der Waals surface area contributed by atoms with Crippen LogP contribution in [0.25, 0.3) is 0 Å². The molecule has 0 aromatic carbocycles. The van der Waals surface area contributed by atoms with Gasteiger partial charge >= 0.3 is 11.9 Å². The number of carbonyl (C=O) groups is 3. The van der Waals surface area contributed by atoms with Crippen molar-refractivity contribution >= 4 is 27.7 Å². The molecule has 0 aromatic rings. The zero-order valence-electron chi connectivity index (χ0n) is 13.0. The number of sulfone groups is 1. The van der Waals surface area contributed by atoms with Gasteiger partial charge < -0.3 is 19.5 Å². The van der Waals surface area contributed by atoms with Gasteiger partial charge in [0.1, 0.15) is 5.60 Å². The molecular weight excluding hydrogens is 330 g/mol. The lowest BCUT2D eigenvalue weighted by molar-refractivity contribution is -0.180. The second-order valence-corrected chi connectivity index (χ2v) is 8.09. The fourth-order valence-electron chi connectivity index (χ4n) is 2.51. The lowest BCUT2D eigenvalue weighted by Crippen LogP contribution is -2.74. The number of amides is 1. The van der Waals surface area contributed by atoms with E-state index in [1.165, 1.54) is 0 Å². The molecule has 1 fully saturated rings. The van der Waals surface area contributed by atoms with Crippen molar-refractivity contribution in [3.8, 4) is 0 Å². The molecule has 1 N–H and O–H groups in total. The molecule has 0 bridgehead atoms. The molecule has 10 heteroatoms. The van der Waals surface area contributed by atoms with E-state index in [-0.39, 0.29) is 0 Å². The van der Waals surface area contributed by atoms with Crippen LogP contribution in [-0.4, -0.2) is 66.5 Å². The van der Waals surface area contributed by atoms with Gasteiger partial charge in [-0.15, -0.1) is 0 Å². The molecule has 1 saturated heterocycles. The molecule has 0 aromatic heterocycles. The maximum absolute atomic E-state index is 12.3. The number of carboxylic acid groups (broad SMARTS) is 1. The van der Waals surface area contributed by atoms with Crippen molar-refractivity contribution in [3.63, 3.8) is 0 Å². The van der Waals surface area contributed by atoms with Gasteiger partial charge in [0.2, 0.25) is 0 Å². The van der Waals surface area contributed by atoms with Gasteiger partial charge in [0.05, 0.1) is 5.57 Å². The van der Waals surface area contributed by atoms with E-state index in [9.17, 15) is 27.9 Å². The van der Waals surface area contributed by atoms with Gasteiger partial charge in [-0.2, -0.15) is 0 Å². The molecule has 0 spiro atoms. The highest BCUT2D eigenvalue weighted by atomic mass is 32.2. The molecule has 2 heterocycles. The van der Waals surface area contributed by atoms with E-state index < -0.39 is 56.4 Å². The summed E-state index contributed by atoms with van der Waals surface area (Å²) in [4.78, 5) is 36.4. The van der Waals surface area contributed by atoms with Gasteiger partial charge in [-0.25, -0.2) is 18.0 Å². The molecule has 0 radical (unpaired) electrons. The topological polar surface area (TPSA) is 127 Å².